The highest BCUT2D eigenvalue weighted by Crippen LogP contribution is 2.29. The summed E-state index contributed by atoms with van der Waals surface area (Å²) in [6.07, 6.45) is 0.785. The van der Waals surface area contributed by atoms with Gasteiger partial charge in [0.1, 0.15) is 5.75 Å². The maximum absolute atomic E-state index is 12.3. The Labute approximate surface area is 117 Å². The van der Waals surface area contributed by atoms with E-state index >= 15 is 0 Å². The Kier molecular flexibility index (Phi) is 3.10. The number of hydrogen-bond donors (Lipinski definition) is 2. The molecule has 20 heavy (non-hydrogen) atoms. The molecule has 1 atom stereocenters. The van der Waals surface area contributed by atoms with Crippen LogP contribution < -0.4 is 5.32 Å². The molecule has 1 unspecified atom stereocenters. The number of carbonyl (C=O) groups excluding carboxylic acids is 1. The number of aromatic hydroxyl groups is 1. The first kappa shape index (κ1) is 12.9. The van der Waals surface area contributed by atoms with Crippen LogP contribution in [0.2, 0.25) is 0 Å². The molecule has 1 fully saturated rings. The highest BCUT2D eigenvalue weighted by atomic mass is 16.5. The summed E-state index contributed by atoms with van der Waals surface area (Å²) in [6, 6.07) is 11.0. The van der Waals surface area contributed by atoms with E-state index in [2.05, 4.69) is 5.32 Å². The number of hydrogen-bond acceptors (Lipinski definition) is 3. The highest BCUT2D eigenvalue weighted by molar-refractivity contribution is 6.03. The first-order valence-corrected chi connectivity index (χ1v) is 6.70. The number of nitrogens with one attached hydrogen (secondary N) is 1. The molecular formula is C16H17NO3. The Balaban J connectivity index is 1.93. The molecular weight excluding hydrogens is 254 g/mol. The van der Waals surface area contributed by atoms with Gasteiger partial charge >= 0.3 is 0 Å². The van der Waals surface area contributed by atoms with E-state index in [-0.39, 0.29) is 17.2 Å². The molecule has 2 N–H and O–H groups in total. The molecule has 1 saturated heterocycles. The number of phenolic OH excluding ortho intramolecular Hbond substituents is 1. The van der Waals surface area contributed by atoms with Crippen molar-refractivity contribution < 1.29 is 14.6 Å². The topological polar surface area (TPSA) is 58.6 Å². The van der Waals surface area contributed by atoms with Crippen LogP contribution in [-0.2, 0) is 4.74 Å². The molecule has 0 saturated carbocycles. The van der Waals surface area contributed by atoms with E-state index in [1.165, 1.54) is 0 Å². The second-order valence-corrected chi connectivity index (χ2v) is 5.50. The first-order chi connectivity index (χ1) is 9.59. The molecule has 104 valence electrons. The van der Waals surface area contributed by atoms with Gasteiger partial charge in [-0.3, -0.25) is 4.79 Å². The number of benzene rings is 2. The zero-order valence-corrected chi connectivity index (χ0v) is 11.3. The number of phenols is 1. The largest absolute Gasteiger partial charge is 0.506 e. The number of amides is 1. The summed E-state index contributed by atoms with van der Waals surface area (Å²) < 4.78 is 5.32. The second kappa shape index (κ2) is 4.80. The Morgan fingerprint density at radius 2 is 2.10 bits per heavy atom. The lowest BCUT2D eigenvalue weighted by Gasteiger charge is -2.23. The summed E-state index contributed by atoms with van der Waals surface area (Å²) in [4.78, 5) is 12.3. The average molecular weight is 271 g/mol. The third-order valence-electron chi connectivity index (χ3n) is 3.78. The van der Waals surface area contributed by atoms with Crippen LogP contribution in [0.1, 0.15) is 23.7 Å². The predicted molar refractivity (Wildman–Crippen MR) is 76.9 cm³/mol. The van der Waals surface area contributed by atoms with Gasteiger partial charge in [-0.15, -0.1) is 0 Å². The monoisotopic (exact) mass is 271 g/mol. The van der Waals surface area contributed by atoms with E-state index in [4.69, 9.17) is 4.74 Å². The maximum atomic E-state index is 12.3. The van der Waals surface area contributed by atoms with Crippen LogP contribution in [0.25, 0.3) is 10.8 Å². The summed E-state index contributed by atoms with van der Waals surface area (Å²) in [5.41, 5.74) is -0.0494. The van der Waals surface area contributed by atoms with Crippen LogP contribution in [0, 0.1) is 0 Å². The summed E-state index contributed by atoms with van der Waals surface area (Å²) in [5.74, 6) is -0.232. The Hall–Kier alpha value is -2.07. The standard InChI is InChI=1S/C16H17NO3/c1-16(8-9-20-10-16)17-15(19)13-7-6-11-4-2-3-5-12(11)14(13)18/h2-7,18H,8-10H2,1H3,(H,17,19). The normalized spacial score (nSPS) is 22.1. The van der Waals surface area contributed by atoms with Crippen molar-refractivity contribution in [2.75, 3.05) is 13.2 Å². The molecule has 2 aromatic carbocycles. The lowest BCUT2D eigenvalue weighted by Crippen LogP contribution is -2.46. The van der Waals surface area contributed by atoms with Gasteiger partial charge in [0, 0.05) is 12.0 Å². The maximum Gasteiger partial charge on any atom is 0.255 e. The Morgan fingerprint density at radius 3 is 2.85 bits per heavy atom. The van der Waals surface area contributed by atoms with Gasteiger partial charge < -0.3 is 15.2 Å². The van der Waals surface area contributed by atoms with Gasteiger partial charge in [-0.2, -0.15) is 0 Å². The van der Waals surface area contributed by atoms with Crippen molar-refractivity contribution >= 4 is 16.7 Å². The lowest BCUT2D eigenvalue weighted by molar-refractivity contribution is 0.0887. The molecule has 3 rings (SSSR count). The highest BCUT2D eigenvalue weighted by Gasteiger charge is 2.32. The quantitative estimate of drug-likeness (QED) is 0.882. The smallest absolute Gasteiger partial charge is 0.255 e. The van der Waals surface area contributed by atoms with Crippen LogP contribution in [0.15, 0.2) is 36.4 Å². The molecule has 1 aliphatic rings. The van der Waals surface area contributed by atoms with Gasteiger partial charge in [-0.1, -0.05) is 30.3 Å². The van der Waals surface area contributed by atoms with Crippen molar-refractivity contribution in [3.05, 3.63) is 42.0 Å². The molecule has 2 aromatic rings. The zero-order valence-electron chi connectivity index (χ0n) is 11.3. The van der Waals surface area contributed by atoms with E-state index in [0.717, 1.165) is 11.8 Å². The van der Waals surface area contributed by atoms with Gasteiger partial charge in [-0.05, 0) is 24.8 Å². The summed E-state index contributed by atoms with van der Waals surface area (Å²) >= 11 is 0. The molecule has 1 aliphatic heterocycles. The molecule has 1 heterocycles. The van der Waals surface area contributed by atoms with Crippen LogP contribution in [0.3, 0.4) is 0 Å². The van der Waals surface area contributed by atoms with Crippen molar-refractivity contribution in [3.8, 4) is 5.75 Å². The first-order valence-electron chi connectivity index (χ1n) is 6.70. The van der Waals surface area contributed by atoms with Gasteiger partial charge in [-0.25, -0.2) is 0 Å². The minimum Gasteiger partial charge on any atom is -0.506 e. The number of ether oxygens (including phenoxy) is 1. The molecule has 0 aliphatic carbocycles. The molecule has 1 amide bonds. The van der Waals surface area contributed by atoms with Crippen molar-refractivity contribution in [2.45, 2.75) is 18.9 Å². The molecule has 0 aromatic heterocycles. The zero-order chi connectivity index (χ0) is 14.2. The van der Waals surface area contributed by atoms with E-state index in [1.807, 2.05) is 37.3 Å². The van der Waals surface area contributed by atoms with Crippen LogP contribution in [-0.4, -0.2) is 29.8 Å². The lowest BCUT2D eigenvalue weighted by atomic mass is 10.00. The minimum atomic E-state index is -0.352. The summed E-state index contributed by atoms with van der Waals surface area (Å²) in [5, 5.41) is 14.8. The Morgan fingerprint density at radius 1 is 1.30 bits per heavy atom. The average Bonchev–Trinajstić information content (AvgIpc) is 2.85. The van der Waals surface area contributed by atoms with E-state index < -0.39 is 0 Å². The molecule has 4 heteroatoms. The number of carbonyl (C=O) groups is 1. The third-order valence-corrected chi connectivity index (χ3v) is 3.78. The predicted octanol–water partition coefficient (Wildman–Crippen LogP) is 2.45. The van der Waals surface area contributed by atoms with Crippen molar-refractivity contribution in [2.24, 2.45) is 0 Å². The van der Waals surface area contributed by atoms with Crippen LogP contribution >= 0.6 is 0 Å². The van der Waals surface area contributed by atoms with E-state index in [0.29, 0.717) is 24.2 Å². The second-order valence-electron chi connectivity index (χ2n) is 5.50. The fourth-order valence-electron chi connectivity index (χ4n) is 2.55. The molecule has 4 nitrogen and oxygen atoms in total. The van der Waals surface area contributed by atoms with Gasteiger partial charge in [0.25, 0.3) is 5.91 Å². The van der Waals surface area contributed by atoms with Crippen molar-refractivity contribution in [1.29, 1.82) is 0 Å². The summed E-state index contributed by atoms with van der Waals surface area (Å²) in [6.45, 7) is 3.11. The summed E-state index contributed by atoms with van der Waals surface area (Å²) in [7, 11) is 0. The third kappa shape index (κ3) is 2.23. The van der Waals surface area contributed by atoms with E-state index in [9.17, 15) is 9.90 Å². The van der Waals surface area contributed by atoms with Crippen molar-refractivity contribution in [3.63, 3.8) is 0 Å². The molecule has 0 spiro atoms. The molecule has 0 bridgehead atoms. The number of rotatable bonds is 2. The van der Waals surface area contributed by atoms with Gasteiger partial charge in [0.2, 0.25) is 0 Å². The number of fused-ring (bicyclic) bond motifs is 1. The van der Waals surface area contributed by atoms with Crippen molar-refractivity contribution in [1.82, 2.24) is 5.32 Å². The Bertz CT molecular complexity index is 660. The minimum absolute atomic E-state index is 0.0307. The van der Waals surface area contributed by atoms with Crippen LogP contribution in [0.4, 0.5) is 0 Å². The molecule has 0 radical (unpaired) electrons. The SMILES string of the molecule is CC1(NC(=O)c2ccc3ccccc3c2O)CCOC1. The fourth-order valence-corrected chi connectivity index (χ4v) is 2.55. The van der Waals surface area contributed by atoms with Crippen LogP contribution in [0.5, 0.6) is 5.75 Å². The fraction of sp³-hybridized carbons (Fsp3) is 0.312. The van der Waals surface area contributed by atoms with E-state index in [1.54, 1.807) is 6.07 Å². The van der Waals surface area contributed by atoms with Gasteiger partial charge in [0.05, 0.1) is 17.7 Å². The van der Waals surface area contributed by atoms with Gasteiger partial charge in [0.15, 0.2) is 0 Å².